The molecule has 0 radical (unpaired) electrons. The van der Waals surface area contributed by atoms with Crippen LogP contribution in [0.1, 0.15) is 0 Å². The maximum Gasteiger partial charge on any atom is 0.295 e. The number of nitrogens with one attached hydrogen (secondary N) is 1. The molecule has 0 bridgehead atoms. The Morgan fingerprint density at radius 3 is 2.00 bits per heavy atom. The summed E-state index contributed by atoms with van der Waals surface area (Å²) in [5.74, 6) is 4.70. The van der Waals surface area contributed by atoms with Gasteiger partial charge in [0.15, 0.2) is 6.61 Å². The molecule has 4 aromatic rings. The molecule has 0 aliphatic rings. The molecule has 0 spiro atoms. The first-order valence-corrected chi connectivity index (χ1v) is 11.9. The topological polar surface area (TPSA) is 196 Å². The Balaban J connectivity index is 2.11. The minimum atomic E-state index is -4.69. The fourth-order valence-corrected chi connectivity index (χ4v) is 5.46. The van der Waals surface area contributed by atoms with Crippen LogP contribution >= 0.6 is 24.1 Å². The number of rotatable bonds is 10. The second-order valence-electron chi connectivity index (χ2n) is 6.60. The van der Waals surface area contributed by atoms with Crippen molar-refractivity contribution in [3.05, 3.63) is 36.4 Å². The molecule has 0 aliphatic heterocycles. The molecule has 6 N–H and O–H groups in total. The maximum absolute atomic E-state index is 12.2. The van der Waals surface area contributed by atoms with Gasteiger partial charge in [-0.05, 0) is 29.0 Å². The molecule has 34 heavy (non-hydrogen) atoms. The quantitative estimate of drug-likeness (QED) is 0.0381. The van der Waals surface area contributed by atoms with E-state index in [2.05, 4.69) is 18.7 Å². The van der Waals surface area contributed by atoms with Gasteiger partial charge in [-0.15, -0.1) is 8.67 Å². The molecule has 0 aromatic heterocycles. The lowest BCUT2D eigenvalue weighted by molar-refractivity contribution is -0.432. The van der Waals surface area contributed by atoms with Crippen molar-refractivity contribution in [2.24, 2.45) is 5.84 Å². The van der Waals surface area contributed by atoms with Crippen LogP contribution in [0.2, 0.25) is 0 Å². The number of nitrogens with two attached hydrogens (primary N) is 1. The van der Waals surface area contributed by atoms with E-state index in [0.717, 1.165) is 0 Å². The Morgan fingerprint density at radius 1 is 0.912 bits per heavy atom. The Kier molecular flexibility index (Phi) is 7.26. The van der Waals surface area contributed by atoms with E-state index in [-0.39, 0.29) is 16.0 Å². The van der Waals surface area contributed by atoms with Crippen LogP contribution in [0.3, 0.4) is 0 Å². The van der Waals surface area contributed by atoms with E-state index < -0.39 is 27.5 Å². The Hall–Kier alpha value is -2.48. The van der Waals surface area contributed by atoms with Crippen molar-refractivity contribution in [1.82, 2.24) is 5.43 Å². The molecule has 0 saturated carbocycles. The fraction of sp³-hybridized carbons (Fsp3) is 0.0556. The summed E-state index contributed by atoms with van der Waals surface area (Å²) in [5.41, 5.74) is 1.94. The van der Waals surface area contributed by atoms with Crippen LogP contribution in [0.15, 0.2) is 51.1 Å². The predicted molar refractivity (Wildman–Crippen MR) is 119 cm³/mol. The lowest BCUT2D eigenvalue weighted by Gasteiger charge is -2.19. The van der Waals surface area contributed by atoms with Crippen molar-refractivity contribution in [1.29, 1.82) is 0 Å². The van der Waals surface area contributed by atoms with E-state index >= 15 is 0 Å². The number of ether oxygens (including phenoxy) is 1. The molecule has 13 nitrogen and oxygen atoms in total. The van der Waals surface area contributed by atoms with Gasteiger partial charge in [-0.3, -0.25) is 14.8 Å². The summed E-state index contributed by atoms with van der Waals surface area (Å²) in [6.07, 6.45) is 0. The third kappa shape index (κ3) is 4.57. The summed E-state index contributed by atoms with van der Waals surface area (Å²) < 4.78 is 48.9. The first-order chi connectivity index (χ1) is 16.3. The molecule has 4 rings (SSSR count). The van der Waals surface area contributed by atoms with Crippen molar-refractivity contribution in [3.63, 3.8) is 0 Å². The highest BCUT2D eigenvalue weighted by Crippen LogP contribution is 2.47. The molecule has 0 fully saturated rings. The van der Waals surface area contributed by atoms with Crippen LogP contribution in [0.25, 0.3) is 32.3 Å². The summed E-state index contributed by atoms with van der Waals surface area (Å²) >= 11 is 1.14. The number of hydrazine groups is 1. The Morgan fingerprint density at radius 2 is 1.44 bits per heavy atom. The van der Waals surface area contributed by atoms with Crippen LogP contribution in [0, 0.1) is 0 Å². The fourth-order valence-electron chi connectivity index (χ4n) is 3.63. The molecule has 0 heterocycles. The molecular formula is C18H14N2O11S3. The molecule has 0 saturated heterocycles. The smallest absolute Gasteiger partial charge is 0.295 e. The van der Waals surface area contributed by atoms with Crippen LogP contribution in [0.5, 0.6) is 5.75 Å². The summed E-state index contributed by atoms with van der Waals surface area (Å²) in [6.45, 7) is -0.430. The van der Waals surface area contributed by atoms with Gasteiger partial charge in [-0.1, -0.05) is 28.3 Å². The summed E-state index contributed by atoms with van der Waals surface area (Å²) in [7, 11) is -4.69. The highest BCUT2D eigenvalue weighted by molar-refractivity contribution is 7.95. The van der Waals surface area contributed by atoms with Crippen molar-refractivity contribution in [2.45, 2.75) is 14.7 Å². The van der Waals surface area contributed by atoms with Crippen LogP contribution < -0.4 is 16.0 Å². The van der Waals surface area contributed by atoms with Gasteiger partial charge < -0.3 is 4.74 Å². The van der Waals surface area contributed by atoms with Gasteiger partial charge in [-0.25, -0.2) is 16.4 Å². The zero-order chi connectivity index (χ0) is 24.5. The second-order valence-corrected chi connectivity index (χ2v) is 9.48. The van der Waals surface area contributed by atoms with Crippen molar-refractivity contribution in [2.75, 3.05) is 6.61 Å². The number of hydrogen-bond donors (Lipinski definition) is 5. The summed E-state index contributed by atoms with van der Waals surface area (Å²) in [6, 6.07) is 9.06. The molecular weight excluding hydrogens is 516 g/mol. The third-order valence-electron chi connectivity index (χ3n) is 4.85. The Bertz CT molecular complexity index is 1480. The maximum atomic E-state index is 12.2. The van der Waals surface area contributed by atoms with Gasteiger partial charge >= 0.3 is 0 Å². The van der Waals surface area contributed by atoms with E-state index in [9.17, 15) is 17.8 Å². The number of amides is 1. The van der Waals surface area contributed by atoms with Gasteiger partial charge in [0.05, 0.1) is 29.0 Å². The second kappa shape index (κ2) is 10.0. The molecule has 0 atom stereocenters. The number of carbonyl (C=O) groups excluding carboxylic acids is 1. The van der Waals surface area contributed by atoms with Crippen LogP contribution in [0.4, 0.5) is 0 Å². The number of benzene rings is 4. The van der Waals surface area contributed by atoms with Gasteiger partial charge in [0.2, 0.25) is 0 Å². The van der Waals surface area contributed by atoms with Gasteiger partial charge in [0.25, 0.3) is 16.0 Å². The molecule has 0 unspecified atom stereocenters. The van der Waals surface area contributed by atoms with Crippen LogP contribution in [-0.2, 0) is 33.7 Å². The van der Waals surface area contributed by atoms with Crippen LogP contribution in [-0.4, -0.2) is 36.0 Å². The van der Waals surface area contributed by atoms with Crippen molar-refractivity contribution < 1.29 is 51.8 Å². The van der Waals surface area contributed by atoms with E-state index in [1.807, 2.05) is 5.43 Å². The van der Waals surface area contributed by atoms with Crippen molar-refractivity contribution in [3.8, 4) is 5.75 Å². The van der Waals surface area contributed by atoms with E-state index in [4.69, 9.17) is 21.1 Å². The average molecular weight is 531 g/mol. The molecule has 0 aliphatic carbocycles. The van der Waals surface area contributed by atoms with Gasteiger partial charge in [0, 0.05) is 26.4 Å². The lowest BCUT2D eigenvalue weighted by Crippen LogP contribution is -2.34. The highest BCUT2D eigenvalue weighted by atomic mass is 32.2. The molecule has 16 heteroatoms. The standard InChI is InChI=1S/C18H14N2O11S3/c19-20-16(21)7-27-12-5-13(32-30-28-22)9-2-3-10-14(33-31-29-23)6-15(34(24,25)26)11-4-1-8(12)17(9)18(10)11/h1-6,22-23H,7,19H2,(H,20,21)(H,24,25,26). The van der Waals surface area contributed by atoms with E-state index in [1.165, 1.54) is 18.2 Å². The Labute approximate surface area is 198 Å². The van der Waals surface area contributed by atoms with E-state index in [1.54, 1.807) is 18.2 Å². The molecule has 180 valence electrons. The first-order valence-electron chi connectivity index (χ1n) is 8.98. The summed E-state index contributed by atoms with van der Waals surface area (Å²) in [4.78, 5) is 11.8. The lowest BCUT2D eigenvalue weighted by atomic mass is 9.93. The monoisotopic (exact) mass is 530 g/mol. The highest BCUT2D eigenvalue weighted by Gasteiger charge is 2.24. The normalized spacial score (nSPS) is 12.1. The zero-order valence-corrected chi connectivity index (χ0v) is 19.0. The zero-order valence-electron chi connectivity index (χ0n) is 16.6. The SMILES string of the molecule is NNC(=O)COc1cc(SOOO)c2ccc3c(SOOO)cc(S(=O)(=O)O)c4ccc1c2c34. The third-order valence-corrected chi connectivity index (χ3v) is 7.04. The van der Waals surface area contributed by atoms with Gasteiger partial charge in [-0.2, -0.15) is 8.42 Å². The predicted octanol–water partition coefficient (Wildman–Crippen LogP) is 3.06. The minimum Gasteiger partial charge on any atom is -0.483 e. The largest absolute Gasteiger partial charge is 0.483 e. The minimum absolute atomic E-state index is 0.178. The summed E-state index contributed by atoms with van der Waals surface area (Å²) in [5, 5.41) is 27.0. The first kappa shape index (κ1) is 24.6. The average Bonchev–Trinajstić information content (AvgIpc) is 2.83. The van der Waals surface area contributed by atoms with Crippen molar-refractivity contribution >= 4 is 72.4 Å². The van der Waals surface area contributed by atoms with Gasteiger partial charge in [0.1, 0.15) is 10.6 Å². The number of hydrogen-bond acceptors (Lipinski definition) is 13. The molecule has 4 aromatic carbocycles. The number of carbonyl (C=O) groups is 1. The van der Waals surface area contributed by atoms with E-state index in [0.29, 0.717) is 55.9 Å². The molecule has 1 amide bonds.